The van der Waals surface area contributed by atoms with Crippen molar-refractivity contribution in [2.24, 2.45) is 0 Å². The van der Waals surface area contributed by atoms with Crippen LogP contribution in [0.4, 0.5) is 0 Å². The van der Waals surface area contributed by atoms with Crippen LogP contribution in [-0.2, 0) is 19.6 Å². The Morgan fingerprint density at radius 2 is 2.00 bits per heavy atom. The van der Waals surface area contributed by atoms with E-state index in [0.717, 1.165) is 24.2 Å². The number of carbonyl (C=O) groups is 2. The van der Waals surface area contributed by atoms with Crippen molar-refractivity contribution in [1.29, 1.82) is 0 Å². The average molecular weight is 346 g/mol. The maximum Gasteiger partial charge on any atom is 0.329 e. The fraction of sp³-hybridized carbons (Fsp3) is 0.538. The largest absolute Gasteiger partial charge is 0.480 e. The van der Waals surface area contributed by atoms with Crippen LogP contribution in [-0.4, -0.2) is 37.0 Å². The van der Waals surface area contributed by atoms with Gasteiger partial charge in [-0.15, -0.1) is 11.3 Å². The molecule has 1 unspecified atom stereocenters. The number of rotatable bonds is 6. The Labute approximate surface area is 132 Å². The molecule has 1 aliphatic rings. The van der Waals surface area contributed by atoms with Crippen LogP contribution in [0, 0.1) is 0 Å². The van der Waals surface area contributed by atoms with Crippen molar-refractivity contribution in [3.05, 3.63) is 17.5 Å². The number of hydrogen-bond acceptors (Lipinski definition) is 5. The molecule has 1 aliphatic carbocycles. The highest BCUT2D eigenvalue weighted by Crippen LogP contribution is 2.30. The molecule has 2 rings (SSSR count). The van der Waals surface area contributed by atoms with E-state index in [2.05, 4.69) is 10.0 Å². The number of carbonyl (C=O) groups excluding carboxylic acids is 1. The minimum Gasteiger partial charge on any atom is -0.480 e. The molecule has 3 N–H and O–H groups in total. The van der Waals surface area contributed by atoms with Crippen LogP contribution in [0.5, 0.6) is 0 Å². The summed E-state index contributed by atoms with van der Waals surface area (Å²) >= 11 is 1.04. The van der Waals surface area contributed by atoms with Crippen molar-refractivity contribution in [1.82, 2.24) is 10.0 Å². The molecule has 1 aromatic heterocycles. The first kappa shape index (κ1) is 16.9. The van der Waals surface area contributed by atoms with Gasteiger partial charge < -0.3 is 10.4 Å². The maximum atomic E-state index is 12.2. The second-order valence-electron chi connectivity index (χ2n) is 5.36. The van der Waals surface area contributed by atoms with Gasteiger partial charge in [-0.2, -0.15) is 4.72 Å². The first-order valence-electron chi connectivity index (χ1n) is 6.88. The van der Waals surface area contributed by atoms with Crippen molar-refractivity contribution in [3.8, 4) is 0 Å². The van der Waals surface area contributed by atoms with Crippen molar-refractivity contribution < 1.29 is 23.1 Å². The number of amides is 1. The minimum absolute atomic E-state index is 0.112. The summed E-state index contributed by atoms with van der Waals surface area (Å²) < 4.78 is 26.5. The highest BCUT2D eigenvalue weighted by Gasteiger charge is 2.43. The summed E-state index contributed by atoms with van der Waals surface area (Å²) in [5.74, 6) is -1.71. The maximum absolute atomic E-state index is 12.2. The van der Waals surface area contributed by atoms with E-state index < -0.39 is 33.5 Å². The average Bonchev–Trinajstić information content (AvgIpc) is 3.10. The van der Waals surface area contributed by atoms with Gasteiger partial charge in [0.1, 0.15) is 9.75 Å². The van der Waals surface area contributed by atoms with Gasteiger partial charge in [0.15, 0.2) is 0 Å². The molecule has 0 spiro atoms. The van der Waals surface area contributed by atoms with E-state index in [9.17, 15) is 23.1 Å². The SMILES string of the molecule is CC(NS(=O)(=O)c1cccs1)C(=O)NC1(C(=O)O)CCCC1. The van der Waals surface area contributed by atoms with Crippen molar-refractivity contribution >= 4 is 33.2 Å². The third kappa shape index (κ3) is 3.47. The van der Waals surface area contributed by atoms with Gasteiger partial charge in [-0.3, -0.25) is 4.79 Å². The van der Waals surface area contributed by atoms with Crippen LogP contribution in [0.1, 0.15) is 32.6 Å². The molecular formula is C13H18N2O5S2. The predicted molar refractivity (Wildman–Crippen MR) is 81.1 cm³/mol. The molecule has 1 atom stereocenters. The Morgan fingerprint density at radius 3 is 2.50 bits per heavy atom. The molecule has 9 heteroatoms. The van der Waals surface area contributed by atoms with E-state index in [1.807, 2.05) is 0 Å². The van der Waals surface area contributed by atoms with Gasteiger partial charge in [-0.25, -0.2) is 13.2 Å². The molecule has 0 saturated heterocycles. The van der Waals surface area contributed by atoms with Crippen LogP contribution in [0.2, 0.25) is 0 Å². The summed E-state index contributed by atoms with van der Waals surface area (Å²) in [4.78, 5) is 23.6. The monoisotopic (exact) mass is 346 g/mol. The second-order valence-corrected chi connectivity index (χ2v) is 8.25. The predicted octanol–water partition coefficient (Wildman–Crippen LogP) is 0.928. The lowest BCUT2D eigenvalue weighted by molar-refractivity contribution is -0.147. The molecule has 0 aromatic carbocycles. The smallest absolute Gasteiger partial charge is 0.329 e. The second kappa shape index (κ2) is 6.35. The highest BCUT2D eigenvalue weighted by atomic mass is 32.2. The van der Waals surface area contributed by atoms with E-state index in [4.69, 9.17) is 0 Å². The summed E-state index contributed by atoms with van der Waals surface area (Å²) in [5.41, 5.74) is -1.28. The first-order chi connectivity index (χ1) is 10.3. The molecule has 1 aromatic rings. The summed E-state index contributed by atoms with van der Waals surface area (Å²) in [7, 11) is -3.77. The fourth-order valence-electron chi connectivity index (χ4n) is 2.48. The zero-order valence-corrected chi connectivity index (χ0v) is 13.7. The number of carboxylic acids is 1. The number of sulfonamides is 1. The van der Waals surface area contributed by atoms with Crippen molar-refractivity contribution in [2.45, 2.75) is 48.4 Å². The standard InChI is InChI=1S/C13H18N2O5S2/c1-9(15-22(19,20)10-5-4-8-21-10)11(16)14-13(12(17)18)6-2-3-7-13/h4-5,8-9,15H,2-3,6-7H2,1H3,(H,14,16)(H,17,18). The van der Waals surface area contributed by atoms with Gasteiger partial charge in [-0.05, 0) is 31.2 Å². The van der Waals surface area contributed by atoms with Gasteiger partial charge in [0, 0.05) is 0 Å². The number of aliphatic carboxylic acids is 1. The van der Waals surface area contributed by atoms with Crippen LogP contribution < -0.4 is 10.0 Å². The van der Waals surface area contributed by atoms with E-state index in [-0.39, 0.29) is 4.21 Å². The van der Waals surface area contributed by atoms with Crippen LogP contribution in [0.25, 0.3) is 0 Å². The molecule has 0 radical (unpaired) electrons. The lowest BCUT2D eigenvalue weighted by Crippen LogP contribution is -2.57. The molecule has 1 amide bonds. The summed E-state index contributed by atoms with van der Waals surface area (Å²) in [6.45, 7) is 1.39. The number of hydrogen-bond donors (Lipinski definition) is 3. The third-order valence-corrected chi connectivity index (χ3v) is 6.65. The van der Waals surface area contributed by atoms with Gasteiger partial charge in [0.2, 0.25) is 5.91 Å². The van der Waals surface area contributed by atoms with E-state index in [0.29, 0.717) is 12.8 Å². The third-order valence-electron chi connectivity index (χ3n) is 3.71. The zero-order chi connectivity index (χ0) is 16.4. The van der Waals surface area contributed by atoms with Crippen molar-refractivity contribution in [2.75, 3.05) is 0 Å². The van der Waals surface area contributed by atoms with Gasteiger partial charge in [0.25, 0.3) is 10.0 Å². The normalized spacial score (nSPS) is 18.8. The Hall–Kier alpha value is -1.45. The Bertz CT molecular complexity index is 648. The highest BCUT2D eigenvalue weighted by molar-refractivity contribution is 7.91. The Balaban J connectivity index is 2.05. The molecule has 22 heavy (non-hydrogen) atoms. The molecule has 0 bridgehead atoms. The topological polar surface area (TPSA) is 113 Å². The number of thiophene rings is 1. The molecule has 1 fully saturated rings. The summed E-state index contributed by atoms with van der Waals surface area (Å²) in [6.07, 6.45) is 2.17. The van der Waals surface area contributed by atoms with Gasteiger partial charge in [0.05, 0.1) is 6.04 Å². The lowest BCUT2D eigenvalue weighted by atomic mass is 9.97. The lowest BCUT2D eigenvalue weighted by Gasteiger charge is -2.27. The van der Waals surface area contributed by atoms with Gasteiger partial charge in [-0.1, -0.05) is 18.9 Å². The molecule has 1 saturated carbocycles. The van der Waals surface area contributed by atoms with E-state index in [1.165, 1.54) is 13.0 Å². The zero-order valence-electron chi connectivity index (χ0n) is 12.0. The summed E-state index contributed by atoms with van der Waals surface area (Å²) in [6, 6.07) is 1.99. The molecule has 0 aliphatic heterocycles. The van der Waals surface area contributed by atoms with Crippen LogP contribution in [0.3, 0.4) is 0 Å². The molecule has 7 nitrogen and oxygen atoms in total. The Morgan fingerprint density at radius 1 is 1.36 bits per heavy atom. The molecule has 1 heterocycles. The quantitative estimate of drug-likeness (QED) is 0.709. The van der Waals surface area contributed by atoms with Crippen LogP contribution >= 0.6 is 11.3 Å². The van der Waals surface area contributed by atoms with E-state index >= 15 is 0 Å². The number of nitrogens with one attached hydrogen (secondary N) is 2. The number of carboxylic acid groups (broad SMARTS) is 1. The van der Waals surface area contributed by atoms with Crippen LogP contribution in [0.15, 0.2) is 21.7 Å². The van der Waals surface area contributed by atoms with E-state index in [1.54, 1.807) is 11.4 Å². The van der Waals surface area contributed by atoms with Gasteiger partial charge >= 0.3 is 5.97 Å². The summed E-state index contributed by atoms with van der Waals surface area (Å²) in [5, 5.41) is 13.4. The molecular weight excluding hydrogens is 328 g/mol. The Kier molecular flexibility index (Phi) is 4.88. The molecule has 122 valence electrons. The van der Waals surface area contributed by atoms with Crippen molar-refractivity contribution in [3.63, 3.8) is 0 Å². The minimum atomic E-state index is -3.77. The first-order valence-corrected chi connectivity index (χ1v) is 9.24. The fourth-order valence-corrected chi connectivity index (χ4v) is 4.69.